The number of rotatable bonds is 17. The molecule has 0 bridgehead atoms. The van der Waals surface area contributed by atoms with Crippen LogP contribution in [0.5, 0.6) is 0 Å². The van der Waals surface area contributed by atoms with E-state index in [1.54, 1.807) is 12.1 Å². The van der Waals surface area contributed by atoms with Gasteiger partial charge in [0.15, 0.2) is 0 Å². The summed E-state index contributed by atoms with van der Waals surface area (Å²) in [6.07, 6.45) is 18.8. The first kappa shape index (κ1) is 28.1. The zero-order valence-electron chi connectivity index (χ0n) is 20.0. The second kappa shape index (κ2) is 16.7. The van der Waals surface area contributed by atoms with Gasteiger partial charge < -0.3 is 4.74 Å². The molecule has 0 aliphatic heterocycles. The average Bonchev–Trinajstić information content (AvgIpc) is 2.77. The molecule has 1 atom stereocenters. The molecule has 0 heterocycles. The molecule has 0 aromatic heterocycles. The topological polar surface area (TPSA) is 72.5 Å². The number of methoxy groups -OCH3 is 1. The van der Waals surface area contributed by atoms with Crippen molar-refractivity contribution in [2.75, 3.05) is 7.11 Å². The molecule has 0 aliphatic carbocycles. The van der Waals surface area contributed by atoms with Crippen molar-refractivity contribution in [3.63, 3.8) is 0 Å². The molecule has 0 aliphatic rings. The number of benzene rings is 1. The lowest BCUT2D eigenvalue weighted by Gasteiger charge is -2.15. The molecule has 5 nitrogen and oxygen atoms in total. The van der Waals surface area contributed by atoms with Crippen LogP contribution in [0.2, 0.25) is 0 Å². The third-order valence-electron chi connectivity index (χ3n) is 5.33. The lowest BCUT2D eigenvalue weighted by atomic mass is 10.1. The van der Waals surface area contributed by atoms with Gasteiger partial charge in [0, 0.05) is 12.5 Å². The van der Waals surface area contributed by atoms with Gasteiger partial charge in [0.2, 0.25) is 10.0 Å². The Bertz CT molecular complexity index is 798. The van der Waals surface area contributed by atoms with Crippen molar-refractivity contribution >= 4 is 16.0 Å². The SMILES string of the molecule is CCCCCC(/C=C/C=C\CCCCCCCC(=O)OC)NS(=O)(=O)c1ccc(C)cc1. The summed E-state index contributed by atoms with van der Waals surface area (Å²) in [5.41, 5.74) is 1.04. The zero-order valence-corrected chi connectivity index (χ0v) is 20.8. The predicted octanol–water partition coefficient (Wildman–Crippen LogP) is 6.24. The number of nitrogens with one attached hydrogen (secondary N) is 1. The van der Waals surface area contributed by atoms with Crippen molar-refractivity contribution in [1.82, 2.24) is 4.72 Å². The molecule has 1 N–H and O–H groups in total. The summed E-state index contributed by atoms with van der Waals surface area (Å²) in [4.78, 5) is 11.4. The number of hydrogen-bond donors (Lipinski definition) is 1. The molecule has 0 spiro atoms. The molecule has 0 radical (unpaired) electrons. The van der Waals surface area contributed by atoms with Gasteiger partial charge >= 0.3 is 5.97 Å². The maximum absolute atomic E-state index is 12.7. The van der Waals surface area contributed by atoms with Gasteiger partial charge in [0.25, 0.3) is 0 Å². The molecule has 0 fully saturated rings. The van der Waals surface area contributed by atoms with Crippen LogP contribution in [0.4, 0.5) is 0 Å². The van der Waals surface area contributed by atoms with Crippen molar-refractivity contribution < 1.29 is 17.9 Å². The Kier molecular flexibility index (Phi) is 14.7. The minimum Gasteiger partial charge on any atom is -0.469 e. The Morgan fingerprint density at radius 1 is 1.00 bits per heavy atom. The highest BCUT2D eigenvalue weighted by atomic mass is 32.2. The zero-order chi connectivity index (χ0) is 23.7. The molecule has 1 unspecified atom stereocenters. The summed E-state index contributed by atoms with van der Waals surface area (Å²) < 4.78 is 33.0. The summed E-state index contributed by atoms with van der Waals surface area (Å²) in [6.45, 7) is 4.08. The van der Waals surface area contributed by atoms with Gasteiger partial charge in [-0.3, -0.25) is 4.79 Å². The first-order chi connectivity index (χ1) is 15.4. The quantitative estimate of drug-likeness (QED) is 0.169. The summed E-state index contributed by atoms with van der Waals surface area (Å²) >= 11 is 0. The van der Waals surface area contributed by atoms with E-state index in [9.17, 15) is 13.2 Å². The van der Waals surface area contributed by atoms with Crippen LogP contribution in [0, 0.1) is 6.92 Å². The number of esters is 1. The Balaban J connectivity index is 2.44. The number of hydrogen-bond acceptors (Lipinski definition) is 4. The molecule has 1 aromatic rings. The standard InChI is InChI=1S/C26H41NO4S/c1-4-5-13-16-24(27-32(29,30)25-21-19-23(2)20-22-25)17-14-11-9-7-6-8-10-12-15-18-26(28)31-3/h9,11,14,17,19-22,24,27H,4-8,10,12-13,15-16,18H2,1-3H3/b11-9-,17-14+. The fourth-order valence-corrected chi connectivity index (χ4v) is 4.56. The monoisotopic (exact) mass is 463 g/mol. The van der Waals surface area contributed by atoms with Crippen molar-refractivity contribution in [3.05, 3.63) is 54.1 Å². The third kappa shape index (κ3) is 12.8. The van der Waals surface area contributed by atoms with Gasteiger partial charge in [-0.1, -0.05) is 87.4 Å². The van der Waals surface area contributed by atoms with E-state index >= 15 is 0 Å². The Morgan fingerprint density at radius 3 is 2.38 bits per heavy atom. The van der Waals surface area contributed by atoms with Crippen LogP contribution >= 0.6 is 0 Å². The van der Waals surface area contributed by atoms with Crippen LogP contribution in [-0.2, 0) is 19.6 Å². The molecule has 32 heavy (non-hydrogen) atoms. The van der Waals surface area contributed by atoms with E-state index in [2.05, 4.69) is 22.5 Å². The normalized spacial score (nSPS) is 13.1. The van der Waals surface area contributed by atoms with E-state index in [1.807, 2.05) is 37.3 Å². The highest BCUT2D eigenvalue weighted by molar-refractivity contribution is 7.89. The molecule has 180 valence electrons. The van der Waals surface area contributed by atoms with Crippen LogP contribution < -0.4 is 4.72 Å². The predicted molar refractivity (Wildman–Crippen MR) is 132 cm³/mol. The van der Waals surface area contributed by atoms with Crippen molar-refractivity contribution in [2.45, 2.75) is 95.4 Å². The van der Waals surface area contributed by atoms with Gasteiger partial charge in [-0.2, -0.15) is 0 Å². The van der Waals surface area contributed by atoms with Crippen molar-refractivity contribution in [3.8, 4) is 0 Å². The maximum Gasteiger partial charge on any atom is 0.305 e. The van der Waals surface area contributed by atoms with Crippen LogP contribution in [0.25, 0.3) is 0 Å². The smallest absolute Gasteiger partial charge is 0.305 e. The van der Waals surface area contributed by atoms with Crippen LogP contribution in [0.3, 0.4) is 0 Å². The molecule has 1 aromatic carbocycles. The molecular weight excluding hydrogens is 422 g/mol. The lowest BCUT2D eigenvalue weighted by Crippen LogP contribution is -2.33. The summed E-state index contributed by atoms with van der Waals surface area (Å²) in [5.74, 6) is -0.131. The molecule has 6 heteroatoms. The summed E-state index contributed by atoms with van der Waals surface area (Å²) in [5, 5.41) is 0. The highest BCUT2D eigenvalue weighted by Crippen LogP contribution is 2.13. The first-order valence-corrected chi connectivity index (χ1v) is 13.4. The van der Waals surface area contributed by atoms with E-state index in [0.717, 1.165) is 69.8 Å². The van der Waals surface area contributed by atoms with Gasteiger partial charge in [0.1, 0.15) is 0 Å². The second-order valence-corrected chi connectivity index (χ2v) is 9.95. The molecular formula is C26H41NO4S. The highest BCUT2D eigenvalue weighted by Gasteiger charge is 2.18. The number of allylic oxidation sites excluding steroid dienone is 3. The molecule has 0 amide bonds. The number of unbranched alkanes of at least 4 members (excludes halogenated alkanes) is 7. The number of ether oxygens (including phenoxy) is 1. The largest absolute Gasteiger partial charge is 0.469 e. The fourth-order valence-electron chi connectivity index (χ4n) is 3.33. The second-order valence-electron chi connectivity index (χ2n) is 8.23. The molecule has 0 saturated heterocycles. The third-order valence-corrected chi connectivity index (χ3v) is 6.83. The van der Waals surface area contributed by atoms with Gasteiger partial charge in [-0.05, 0) is 44.7 Å². The van der Waals surface area contributed by atoms with E-state index in [1.165, 1.54) is 7.11 Å². The maximum atomic E-state index is 12.7. The van der Waals surface area contributed by atoms with E-state index in [-0.39, 0.29) is 12.0 Å². The number of carbonyl (C=O) groups is 1. The average molecular weight is 464 g/mol. The van der Waals surface area contributed by atoms with Crippen LogP contribution in [0.1, 0.15) is 83.1 Å². The van der Waals surface area contributed by atoms with E-state index in [0.29, 0.717) is 11.3 Å². The van der Waals surface area contributed by atoms with Gasteiger partial charge in [-0.25, -0.2) is 13.1 Å². The Morgan fingerprint density at radius 2 is 1.69 bits per heavy atom. The van der Waals surface area contributed by atoms with E-state index in [4.69, 9.17) is 0 Å². The number of aryl methyl sites for hydroxylation is 1. The Hall–Kier alpha value is -1.92. The Labute approximate surface area is 195 Å². The van der Waals surface area contributed by atoms with Crippen molar-refractivity contribution in [2.24, 2.45) is 0 Å². The van der Waals surface area contributed by atoms with Crippen LogP contribution in [0.15, 0.2) is 53.5 Å². The van der Waals surface area contributed by atoms with E-state index < -0.39 is 10.0 Å². The van der Waals surface area contributed by atoms with Crippen molar-refractivity contribution in [1.29, 1.82) is 0 Å². The number of carbonyl (C=O) groups excluding carboxylic acids is 1. The molecule has 1 rings (SSSR count). The lowest BCUT2D eigenvalue weighted by molar-refractivity contribution is -0.140. The first-order valence-electron chi connectivity index (χ1n) is 11.9. The molecule has 0 saturated carbocycles. The minimum absolute atomic E-state index is 0.131. The van der Waals surface area contributed by atoms with Gasteiger partial charge in [0.05, 0.1) is 12.0 Å². The van der Waals surface area contributed by atoms with Gasteiger partial charge in [-0.15, -0.1) is 0 Å². The minimum atomic E-state index is -3.54. The van der Waals surface area contributed by atoms with Crippen LogP contribution in [-0.4, -0.2) is 27.5 Å². The number of sulfonamides is 1. The summed E-state index contributed by atoms with van der Waals surface area (Å²) in [7, 11) is -2.11. The summed E-state index contributed by atoms with van der Waals surface area (Å²) in [6, 6.07) is 6.73. The fraction of sp³-hybridized carbons (Fsp3) is 0.577.